The molecule has 0 unspecified atom stereocenters. The minimum absolute atomic E-state index is 0.0268. The van der Waals surface area contributed by atoms with Crippen molar-refractivity contribution >= 4 is 39.4 Å². The third kappa shape index (κ3) is 4.28. The van der Waals surface area contributed by atoms with Crippen molar-refractivity contribution in [3.63, 3.8) is 0 Å². The summed E-state index contributed by atoms with van der Waals surface area (Å²) in [5.74, 6) is 0.224. The molecule has 0 bridgehead atoms. The first-order valence-electron chi connectivity index (χ1n) is 6.20. The van der Waals surface area contributed by atoms with Gasteiger partial charge in [0, 0.05) is 0 Å². The third-order valence-corrected chi connectivity index (χ3v) is 4.75. The van der Waals surface area contributed by atoms with E-state index in [-0.39, 0.29) is 26.4 Å². The van der Waals surface area contributed by atoms with Gasteiger partial charge < -0.3 is 9.84 Å². The first-order valence-corrected chi connectivity index (χ1v) is 8.44. The molecule has 0 saturated heterocycles. The molecule has 0 radical (unpaired) electrons. The van der Waals surface area contributed by atoms with Gasteiger partial charge in [-0.25, -0.2) is 4.83 Å². The summed E-state index contributed by atoms with van der Waals surface area (Å²) in [6, 6.07) is 8.39. The fraction of sp³-hybridized carbons (Fsp3) is 0.0714. The van der Waals surface area contributed by atoms with Crippen LogP contribution in [-0.2, 0) is 10.0 Å². The van der Waals surface area contributed by atoms with Gasteiger partial charge in [-0.15, -0.1) is 0 Å². The van der Waals surface area contributed by atoms with Crippen LogP contribution in [0.2, 0.25) is 10.0 Å². The molecule has 0 fully saturated rings. The van der Waals surface area contributed by atoms with Crippen LogP contribution in [0.15, 0.2) is 46.4 Å². The summed E-state index contributed by atoms with van der Waals surface area (Å²) in [4.78, 5) is 2.00. The summed E-state index contributed by atoms with van der Waals surface area (Å²) in [7, 11) is -2.46. The topological polar surface area (TPSA) is 88.0 Å². The lowest BCUT2D eigenvalue weighted by atomic mass is 10.2. The van der Waals surface area contributed by atoms with Crippen LogP contribution in [0, 0.1) is 0 Å². The number of methoxy groups -OCH3 is 1. The van der Waals surface area contributed by atoms with E-state index in [2.05, 4.69) is 9.93 Å². The molecule has 122 valence electrons. The average molecular weight is 375 g/mol. The Morgan fingerprint density at radius 3 is 2.57 bits per heavy atom. The average Bonchev–Trinajstić information content (AvgIpc) is 2.51. The van der Waals surface area contributed by atoms with Crippen LogP contribution in [0.25, 0.3) is 0 Å². The second kappa shape index (κ2) is 7.08. The molecule has 0 aromatic heterocycles. The molecule has 0 spiro atoms. The predicted octanol–water partition coefficient (Wildman–Crippen LogP) is 3.02. The SMILES string of the molecule is COc1cc(/C=N/NS(=O)(=O)c2ccc(Cl)c(Cl)c2)ccc1O. The van der Waals surface area contributed by atoms with Crippen LogP contribution in [0.4, 0.5) is 0 Å². The lowest BCUT2D eigenvalue weighted by molar-refractivity contribution is 0.373. The highest BCUT2D eigenvalue weighted by Gasteiger charge is 2.14. The van der Waals surface area contributed by atoms with Gasteiger partial charge in [-0.2, -0.15) is 13.5 Å². The third-order valence-electron chi connectivity index (χ3n) is 2.79. The number of aromatic hydroxyl groups is 1. The van der Waals surface area contributed by atoms with Crippen molar-refractivity contribution in [2.45, 2.75) is 4.90 Å². The summed E-state index contributed by atoms with van der Waals surface area (Å²) in [5, 5.41) is 13.5. The zero-order chi connectivity index (χ0) is 17.0. The fourth-order valence-electron chi connectivity index (χ4n) is 1.64. The van der Waals surface area contributed by atoms with Gasteiger partial charge in [0.1, 0.15) is 0 Å². The normalized spacial score (nSPS) is 11.6. The lowest BCUT2D eigenvalue weighted by Crippen LogP contribution is -2.18. The first-order chi connectivity index (χ1) is 10.8. The molecule has 9 heteroatoms. The Bertz CT molecular complexity index is 854. The standard InChI is InChI=1S/C14H12Cl2N2O4S/c1-22-14-6-9(2-5-13(14)19)8-17-18-23(20,21)10-3-4-11(15)12(16)7-10/h2-8,18-19H,1H3/b17-8+. The second-order valence-electron chi connectivity index (χ2n) is 4.36. The van der Waals surface area contributed by atoms with Gasteiger partial charge >= 0.3 is 0 Å². The highest BCUT2D eigenvalue weighted by molar-refractivity contribution is 7.89. The largest absolute Gasteiger partial charge is 0.504 e. The summed E-state index contributed by atoms with van der Waals surface area (Å²) >= 11 is 11.5. The van der Waals surface area contributed by atoms with E-state index in [1.54, 1.807) is 6.07 Å². The van der Waals surface area contributed by atoms with Gasteiger partial charge in [-0.1, -0.05) is 23.2 Å². The molecule has 2 aromatic carbocycles. The summed E-state index contributed by atoms with van der Waals surface area (Å²) < 4.78 is 29.1. The number of rotatable bonds is 5. The molecule has 0 amide bonds. The molecule has 23 heavy (non-hydrogen) atoms. The second-order valence-corrected chi connectivity index (χ2v) is 6.84. The van der Waals surface area contributed by atoms with Crippen molar-refractivity contribution in [2.24, 2.45) is 5.10 Å². The summed E-state index contributed by atoms with van der Waals surface area (Å²) in [6.07, 6.45) is 1.27. The minimum atomic E-state index is -3.87. The summed E-state index contributed by atoms with van der Waals surface area (Å²) in [5.41, 5.74) is 0.538. The monoisotopic (exact) mass is 374 g/mol. The highest BCUT2D eigenvalue weighted by atomic mass is 35.5. The molecule has 0 saturated carbocycles. The maximum Gasteiger partial charge on any atom is 0.276 e. The Morgan fingerprint density at radius 1 is 1.17 bits per heavy atom. The Kier molecular flexibility index (Phi) is 5.35. The smallest absolute Gasteiger partial charge is 0.276 e. The van der Waals surface area contributed by atoms with Gasteiger partial charge in [0.25, 0.3) is 10.0 Å². The molecular formula is C14H12Cl2N2O4S. The molecular weight excluding hydrogens is 363 g/mol. The van der Waals surface area contributed by atoms with Gasteiger partial charge in [0.2, 0.25) is 0 Å². The molecule has 2 rings (SSSR count). The number of nitrogens with zero attached hydrogens (tertiary/aromatic N) is 1. The van der Waals surface area contributed by atoms with E-state index in [1.165, 1.54) is 43.7 Å². The Labute approximate surface area is 143 Å². The van der Waals surface area contributed by atoms with E-state index in [4.69, 9.17) is 27.9 Å². The van der Waals surface area contributed by atoms with Gasteiger partial charge in [0.05, 0.1) is 28.3 Å². The number of phenolic OH excluding ortho intramolecular Hbond substituents is 1. The van der Waals surface area contributed by atoms with Crippen molar-refractivity contribution in [3.8, 4) is 11.5 Å². The number of hydrogen-bond acceptors (Lipinski definition) is 5. The number of nitrogens with one attached hydrogen (secondary N) is 1. The molecule has 2 aromatic rings. The molecule has 6 nitrogen and oxygen atoms in total. The molecule has 0 heterocycles. The van der Waals surface area contributed by atoms with Gasteiger partial charge in [-0.3, -0.25) is 0 Å². The van der Waals surface area contributed by atoms with Crippen molar-refractivity contribution in [3.05, 3.63) is 52.0 Å². The Balaban J connectivity index is 2.16. The number of hydrazone groups is 1. The highest BCUT2D eigenvalue weighted by Crippen LogP contribution is 2.26. The lowest BCUT2D eigenvalue weighted by Gasteiger charge is -2.05. The van der Waals surface area contributed by atoms with E-state index in [1.807, 2.05) is 0 Å². The molecule has 0 aliphatic carbocycles. The van der Waals surface area contributed by atoms with Crippen molar-refractivity contribution in [2.75, 3.05) is 7.11 Å². The Morgan fingerprint density at radius 2 is 1.91 bits per heavy atom. The van der Waals surface area contributed by atoms with Gasteiger partial charge in [0.15, 0.2) is 11.5 Å². The van der Waals surface area contributed by atoms with Crippen LogP contribution >= 0.6 is 23.2 Å². The van der Waals surface area contributed by atoms with Crippen LogP contribution in [0.3, 0.4) is 0 Å². The molecule has 0 aliphatic heterocycles. The number of halogens is 2. The predicted molar refractivity (Wildman–Crippen MR) is 89.0 cm³/mol. The van der Waals surface area contributed by atoms with Crippen molar-refractivity contribution < 1.29 is 18.3 Å². The van der Waals surface area contributed by atoms with E-state index in [0.717, 1.165) is 0 Å². The summed E-state index contributed by atoms with van der Waals surface area (Å²) in [6.45, 7) is 0. The quantitative estimate of drug-likeness (QED) is 0.621. The number of sulfonamides is 1. The van der Waals surface area contributed by atoms with Gasteiger partial charge in [-0.05, 0) is 42.0 Å². The zero-order valence-corrected chi connectivity index (χ0v) is 14.2. The molecule has 2 N–H and O–H groups in total. The zero-order valence-electron chi connectivity index (χ0n) is 11.8. The number of hydrogen-bond donors (Lipinski definition) is 2. The maximum atomic E-state index is 12.1. The first kappa shape index (κ1) is 17.4. The van der Waals surface area contributed by atoms with E-state index >= 15 is 0 Å². The number of ether oxygens (including phenoxy) is 1. The Hall–Kier alpha value is -1.96. The molecule has 0 aliphatic rings. The maximum absolute atomic E-state index is 12.1. The van der Waals surface area contributed by atoms with Crippen LogP contribution in [0.5, 0.6) is 11.5 Å². The van der Waals surface area contributed by atoms with Crippen molar-refractivity contribution in [1.82, 2.24) is 4.83 Å². The van der Waals surface area contributed by atoms with E-state index in [9.17, 15) is 13.5 Å². The molecule has 0 atom stereocenters. The van der Waals surface area contributed by atoms with Crippen LogP contribution < -0.4 is 9.57 Å². The van der Waals surface area contributed by atoms with E-state index < -0.39 is 10.0 Å². The van der Waals surface area contributed by atoms with Crippen molar-refractivity contribution in [1.29, 1.82) is 0 Å². The minimum Gasteiger partial charge on any atom is -0.504 e. The number of benzene rings is 2. The van der Waals surface area contributed by atoms with E-state index in [0.29, 0.717) is 5.56 Å². The van der Waals surface area contributed by atoms with Crippen LogP contribution in [0.1, 0.15) is 5.56 Å². The fourth-order valence-corrected chi connectivity index (χ4v) is 2.82. The van der Waals surface area contributed by atoms with Crippen LogP contribution in [-0.4, -0.2) is 26.8 Å². The number of phenols is 1.